The van der Waals surface area contributed by atoms with Gasteiger partial charge in [0.05, 0.1) is 44.5 Å². The maximum atomic E-state index is 12.9. The lowest BCUT2D eigenvalue weighted by Crippen LogP contribution is -2.56. The van der Waals surface area contributed by atoms with Crippen LogP contribution >= 0.6 is 0 Å². The standard InChI is InChI=1S/C18H25F3N4O3/c1-12(22)9-27-5-2-16(26)24-3-4-25-15(8-24)11-28-10-13-6-14(18(19,20)21)7-23-17(13)25/h6-7,12,15H,2-5,8-11,22H2,1H3/t12-,15+/m0/s1. The molecule has 0 aromatic carbocycles. The molecular weight excluding hydrogens is 377 g/mol. The van der Waals surface area contributed by atoms with Gasteiger partial charge in [0.2, 0.25) is 5.91 Å². The molecule has 0 bridgehead atoms. The summed E-state index contributed by atoms with van der Waals surface area (Å²) in [6.45, 7) is 4.34. The maximum Gasteiger partial charge on any atom is 0.417 e. The van der Waals surface area contributed by atoms with E-state index in [1.807, 2.05) is 11.8 Å². The second-order valence-corrected chi connectivity index (χ2v) is 7.21. The third-order valence-electron chi connectivity index (χ3n) is 4.79. The number of anilines is 1. The number of rotatable bonds is 5. The van der Waals surface area contributed by atoms with Crippen molar-refractivity contribution in [1.82, 2.24) is 9.88 Å². The van der Waals surface area contributed by atoms with Crippen molar-refractivity contribution >= 4 is 11.7 Å². The first kappa shape index (κ1) is 20.8. The van der Waals surface area contributed by atoms with Crippen LogP contribution in [0.15, 0.2) is 12.3 Å². The van der Waals surface area contributed by atoms with E-state index in [1.165, 1.54) is 0 Å². The number of hydrogen-bond acceptors (Lipinski definition) is 6. The summed E-state index contributed by atoms with van der Waals surface area (Å²) in [5.41, 5.74) is 5.24. The highest BCUT2D eigenvalue weighted by Crippen LogP contribution is 2.34. The number of nitrogens with zero attached hydrogens (tertiary/aromatic N) is 3. The molecule has 0 aliphatic carbocycles. The Bertz CT molecular complexity index is 699. The Kier molecular flexibility index (Phi) is 6.41. The van der Waals surface area contributed by atoms with Crippen molar-refractivity contribution in [3.8, 4) is 0 Å². The second kappa shape index (κ2) is 8.62. The topological polar surface area (TPSA) is 80.9 Å². The molecule has 1 amide bonds. The van der Waals surface area contributed by atoms with Gasteiger partial charge in [0.1, 0.15) is 5.82 Å². The number of ether oxygens (including phenoxy) is 2. The van der Waals surface area contributed by atoms with Crippen LogP contribution in [0.3, 0.4) is 0 Å². The highest BCUT2D eigenvalue weighted by molar-refractivity contribution is 5.76. The summed E-state index contributed by atoms with van der Waals surface area (Å²) >= 11 is 0. The number of pyridine rings is 1. The highest BCUT2D eigenvalue weighted by Gasteiger charge is 2.36. The quantitative estimate of drug-likeness (QED) is 0.750. The minimum absolute atomic E-state index is 0.0193. The molecule has 3 rings (SSSR count). The van der Waals surface area contributed by atoms with Crippen LogP contribution in [0.25, 0.3) is 0 Å². The van der Waals surface area contributed by atoms with E-state index in [1.54, 1.807) is 4.90 Å². The van der Waals surface area contributed by atoms with Crippen molar-refractivity contribution < 1.29 is 27.4 Å². The Labute approximate surface area is 161 Å². The number of piperazine rings is 1. The van der Waals surface area contributed by atoms with E-state index in [-0.39, 0.29) is 31.0 Å². The Morgan fingerprint density at radius 2 is 2.25 bits per heavy atom. The Hall–Kier alpha value is -1.91. The summed E-state index contributed by atoms with van der Waals surface area (Å²) in [7, 11) is 0. The number of carbonyl (C=O) groups is 1. The van der Waals surface area contributed by atoms with Crippen molar-refractivity contribution in [3.63, 3.8) is 0 Å². The predicted octanol–water partition coefficient (Wildman–Crippen LogP) is 1.40. The molecule has 7 nitrogen and oxygen atoms in total. The number of aromatic nitrogens is 1. The molecule has 2 aliphatic rings. The summed E-state index contributed by atoms with van der Waals surface area (Å²) in [4.78, 5) is 20.2. The number of nitrogens with two attached hydrogens (primary N) is 1. The first-order valence-corrected chi connectivity index (χ1v) is 9.27. The highest BCUT2D eigenvalue weighted by atomic mass is 19.4. The van der Waals surface area contributed by atoms with E-state index in [0.717, 1.165) is 12.3 Å². The van der Waals surface area contributed by atoms with Gasteiger partial charge < -0.3 is 25.0 Å². The van der Waals surface area contributed by atoms with Crippen LogP contribution in [0, 0.1) is 0 Å². The number of alkyl halides is 3. The molecule has 10 heteroatoms. The van der Waals surface area contributed by atoms with Gasteiger partial charge in [-0.05, 0) is 13.0 Å². The normalized spacial score (nSPS) is 21.0. The van der Waals surface area contributed by atoms with Gasteiger partial charge in [-0.3, -0.25) is 4.79 Å². The lowest BCUT2D eigenvalue weighted by atomic mass is 10.1. The van der Waals surface area contributed by atoms with Crippen LogP contribution in [0.1, 0.15) is 24.5 Å². The van der Waals surface area contributed by atoms with Crippen LogP contribution in [0.2, 0.25) is 0 Å². The third kappa shape index (κ3) is 4.92. The first-order valence-electron chi connectivity index (χ1n) is 9.27. The summed E-state index contributed by atoms with van der Waals surface area (Å²) in [6, 6.07) is 0.873. The van der Waals surface area contributed by atoms with Crippen molar-refractivity contribution in [2.24, 2.45) is 5.73 Å². The third-order valence-corrected chi connectivity index (χ3v) is 4.79. The van der Waals surface area contributed by atoms with E-state index in [9.17, 15) is 18.0 Å². The molecule has 2 N–H and O–H groups in total. The molecular formula is C18H25F3N4O3. The van der Waals surface area contributed by atoms with Crippen molar-refractivity contribution in [3.05, 3.63) is 23.4 Å². The fraction of sp³-hybridized carbons (Fsp3) is 0.667. The maximum absolute atomic E-state index is 12.9. The summed E-state index contributed by atoms with van der Waals surface area (Å²) < 4.78 is 49.8. The molecule has 0 saturated carbocycles. The van der Waals surface area contributed by atoms with E-state index in [0.29, 0.717) is 50.8 Å². The fourth-order valence-electron chi connectivity index (χ4n) is 3.42. The van der Waals surface area contributed by atoms with Gasteiger partial charge in [-0.15, -0.1) is 0 Å². The van der Waals surface area contributed by atoms with Crippen LogP contribution < -0.4 is 10.6 Å². The summed E-state index contributed by atoms with van der Waals surface area (Å²) in [5.74, 6) is 0.483. The Balaban J connectivity index is 1.63. The molecule has 3 heterocycles. The molecule has 156 valence electrons. The molecule has 1 aromatic heterocycles. The van der Waals surface area contributed by atoms with Crippen molar-refractivity contribution in [1.29, 1.82) is 0 Å². The zero-order valence-corrected chi connectivity index (χ0v) is 15.7. The SMILES string of the molecule is C[C@H](N)COCCC(=O)N1CCN2c3ncc(C(F)(F)F)cc3COC[C@H]2C1. The van der Waals surface area contributed by atoms with Gasteiger partial charge in [0.15, 0.2) is 0 Å². The lowest BCUT2D eigenvalue weighted by Gasteiger charge is -2.41. The zero-order chi connectivity index (χ0) is 20.3. The zero-order valence-electron chi connectivity index (χ0n) is 15.7. The van der Waals surface area contributed by atoms with E-state index < -0.39 is 11.7 Å². The van der Waals surface area contributed by atoms with E-state index in [4.69, 9.17) is 15.2 Å². The first-order chi connectivity index (χ1) is 13.3. The Morgan fingerprint density at radius 3 is 2.96 bits per heavy atom. The number of carbonyl (C=O) groups excluding carboxylic acids is 1. The van der Waals surface area contributed by atoms with Gasteiger partial charge >= 0.3 is 6.18 Å². The van der Waals surface area contributed by atoms with Crippen LogP contribution in [-0.2, 0) is 27.1 Å². The van der Waals surface area contributed by atoms with Crippen LogP contribution in [0.4, 0.5) is 19.0 Å². The number of fused-ring (bicyclic) bond motifs is 3. The molecule has 1 fully saturated rings. The average molecular weight is 402 g/mol. The van der Waals surface area contributed by atoms with Crippen LogP contribution in [0.5, 0.6) is 0 Å². The largest absolute Gasteiger partial charge is 0.417 e. The Morgan fingerprint density at radius 1 is 1.46 bits per heavy atom. The van der Waals surface area contributed by atoms with Crippen molar-refractivity contribution in [2.75, 3.05) is 44.4 Å². The summed E-state index contributed by atoms with van der Waals surface area (Å²) in [5, 5.41) is 0. The molecule has 28 heavy (non-hydrogen) atoms. The van der Waals surface area contributed by atoms with Crippen molar-refractivity contribution in [2.45, 2.75) is 38.2 Å². The minimum atomic E-state index is -4.44. The molecule has 0 unspecified atom stereocenters. The number of amides is 1. The van der Waals surface area contributed by atoms with E-state index >= 15 is 0 Å². The molecule has 1 aromatic rings. The number of halogens is 3. The average Bonchev–Trinajstić information content (AvgIpc) is 2.82. The van der Waals surface area contributed by atoms with E-state index in [2.05, 4.69) is 4.98 Å². The van der Waals surface area contributed by atoms with Gasteiger partial charge in [-0.25, -0.2) is 4.98 Å². The smallest absolute Gasteiger partial charge is 0.379 e. The van der Waals surface area contributed by atoms with Gasteiger partial charge in [-0.2, -0.15) is 13.2 Å². The molecule has 0 radical (unpaired) electrons. The fourth-order valence-corrected chi connectivity index (χ4v) is 3.42. The van der Waals surface area contributed by atoms with Gasteiger partial charge in [0, 0.05) is 37.4 Å². The monoisotopic (exact) mass is 402 g/mol. The summed E-state index contributed by atoms with van der Waals surface area (Å²) in [6.07, 6.45) is -3.32. The minimum Gasteiger partial charge on any atom is -0.379 e. The van der Waals surface area contributed by atoms with Gasteiger partial charge in [-0.1, -0.05) is 0 Å². The van der Waals surface area contributed by atoms with Gasteiger partial charge in [0.25, 0.3) is 0 Å². The molecule has 0 spiro atoms. The predicted molar refractivity (Wildman–Crippen MR) is 95.7 cm³/mol. The molecule has 1 saturated heterocycles. The number of hydrogen-bond donors (Lipinski definition) is 1. The molecule has 2 atom stereocenters. The second-order valence-electron chi connectivity index (χ2n) is 7.21. The lowest BCUT2D eigenvalue weighted by molar-refractivity contribution is -0.138. The molecule has 2 aliphatic heterocycles. The van der Waals surface area contributed by atoms with Crippen LogP contribution in [-0.4, -0.2) is 67.3 Å².